The van der Waals surface area contributed by atoms with Crippen molar-refractivity contribution in [2.24, 2.45) is 0 Å². The van der Waals surface area contributed by atoms with Gasteiger partial charge in [-0.2, -0.15) is 4.31 Å². The van der Waals surface area contributed by atoms with Crippen LogP contribution in [0, 0.1) is 0 Å². The number of nitrogens with one attached hydrogen (secondary N) is 1. The zero-order chi connectivity index (χ0) is 22.0. The van der Waals surface area contributed by atoms with E-state index in [0.29, 0.717) is 29.6 Å². The van der Waals surface area contributed by atoms with Gasteiger partial charge < -0.3 is 9.88 Å². The lowest BCUT2D eigenvalue weighted by Gasteiger charge is -2.17. The second kappa shape index (κ2) is 9.02. The molecule has 1 fully saturated rings. The summed E-state index contributed by atoms with van der Waals surface area (Å²) in [5, 5.41) is 4.47. The molecule has 0 unspecified atom stereocenters. The largest absolute Gasteiger partial charge is 0.354 e. The number of rotatable bonds is 7. The highest BCUT2D eigenvalue weighted by Gasteiger charge is 2.27. The summed E-state index contributed by atoms with van der Waals surface area (Å²) in [5.74, 6) is -0.0831. The van der Waals surface area contributed by atoms with Crippen molar-refractivity contribution in [3.8, 4) is 0 Å². The number of carbonyl (C=O) groups is 1. The number of benzene rings is 2. The molecule has 6 nitrogen and oxygen atoms in total. The molecule has 3 aromatic rings. The number of sulfonamides is 1. The molecule has 1 aromatic heterocycles. The number of carbonyl (C=O) groups excluding carboxylic acids is 1. The molecule has 0 aliphatic carbocycles. The fraction of sp³-hybridized carbons (Fsp3) is 0.348. The minimum Gasteiger partial charge on any atom is -0.354 e. The molecule has 1 N–H and O–H groups in total. The predicted octanol–water partition coefficient (Wildman–Crippen LogP) is 4.00. The van der Waals surface area contributed by atoms with Crippen molar-refractivity contribution in [2.75, 3.05) is 19.6 Å². The van der Waals surface area contributed by atoms with E-state index in [4.69, 9.17) is 11.6 Å². The maximum Gasteiger partial charge on any atom is 0.243 e. The van der Waals surface area contributed by atoms with Gasteiger partial charge in [0.1, 0.15) is 6.04 Å². The van der Waals surface area contributed by atoms with Crippen LogP contribution in [0.25, 0.3) is 10.9 Å². The highest BCUT2D eigenvalue weighted by atomic mass is 35.5. The molecule has 164 valence electrons. The molecule has 0 spiro atoms. The van der Waals surface area contributed by atoms with E-state index in [9.17, 15) is 13.2 Å². The molecule has 1 atom stereocenters. The number of hydrogen-bond donors (Lipinski definition) is 1. The van der Waals surface area contributed by atoms with E-state index in [1.165, 1.54) is 0 Å². The van der Waals surface area contributed by atoms with E-state index in [-0.39, 0.29) is 5.91 Å². The minimum absolute atomic E-state index is 0.0831. The second-order valence-electron chi connectivity index (χ2n) is 7.90. The summed E-state index contributed by atoms with van der Waals surface area (Å²) in [6.45, 7) is 3.53. The van der Waals surface area contributed by atoms with Crippen LogP contribution < -0.4 is 5.32 Å². The van der Waals surface area contributed by atoms with Crippen molar-refractivity contribution < 1.29 is 13.2 Å². The predicted molar refractivity (Wildman–Crippen MR) is 123 cm³/mol. The second-order valence-corrected chi connectivity index (χ2v) is 10.3. The van der Waals surface area contributed by atoms with Crippen LogP contribution in [0.1, 0.15) is 31.4 Å². The number of halogens is 1. The average molecular weight is 460 g/mol. The van der Waals surface area contributed by atoms with Crippen LogP contribution in [0.3, 0.4) is 0 Å². The topological polar surface area (TPSA) is 71.4 Å². The Morgan fingerprint density at radius 2 is 1.81 bits per heavy atom. The summed E-state index contributed by atoms with van der Waals surface area (Å²) in [7, 11) is -3.46. The van der Waals surface area contributed by atoms with Crippen molar-refractivity contribution in [2.45, 2.75) is 37.1 Å². The third-order valence-corrected chi connectivity index (χ3v) is 7.96. The van der Waals surface area contributed by atoms with Gasteiger partial charge in [-0.05, 0) is 68.1 Å². The fourth-order valence-corrected chi connectivity index (χ4v) is 5.65. The van der Waals surface area contributed by atoms with Gasteiger partial charge in [-0.3, -0.25) is 4.79 Å². The molecule has 0 bridgehead atoms. The van der Waals surface area contributed by atoms with Gasteiger partial charge in [-0.1, -0.05) is 23.7 Å². The first-order valence-electron chi connectivity index (χ1n) is 10.5. The van der Waals surface area contributed by atoms with Crippen molar-refractivity contribution in [3.05, 3.63) is 65.3 Å². The number of fused-ring (bicyclic) bond motifs is 1. The van der Waals surface area contributed by atoms with Crippen LogP contribution >= 0.6 is 11.6 Å². The standard InChI is InChI=1S/C23H26ClN3O3S/c1-17(23(28)25-12-10-18-4-6-20(24)7-5-18)27-15-11-19-16-21(8-9-22(19)27)31(29,30)26-13-2-3-14-26/h4-9,11,15-17H,2-3,10,12-14H2,1H3,(H,25,28)/t17-/m1/s1. The van der Waals surface area contributed by atoms with Gasteiger partial charge in [-0.25, -0.2) is 8.42 Å². The Hall–Kier alpha value is -2.35. The van der Waals surface area contributed by atoms with E-state index in [1.807, 2.05) is 48.0 Å². The normalized spacial score (nSPS) is 15.9. The SMILES string of the molecule is C[C@H](C(=O)NCCc1ccc(Cl)cc1)n1ccc2cc(S(=O)(=O)N3CCCC3)ccc21. The Labute approximate surface area is 187 Å². The number of aromatic nitrogens is 1. The molecule has 1 saturated heterocycles. The first-order chi connectivity index (χ1) is 14.9. The molecule has 1 aliphatic heterocycles. The van der Waals surface area contributed by atoms with Crippen LogP contribution in [0.15, 0.2) is 59.6 Å². The summed E-state index contributed by atoms with van der Waals surface area (Å²) >= 11 is 5.90. The van der Waals surface area contributed by atoms with Gasteiger partial charge in [0.2, 0.25) is 15.9 Å². The first-order valence-corrected chi connectivity index (χ1v) is 12.3. The Bertz CT molecular complexity index is 1180. The van der Waals surface area contributed by atoms with Gasteiger partial charge in [-0.15, -0.1) is 0 Å². The Kier molecular flexibility index (Phi) is 6.36. The summed E-state index contributed by atoms with van der Waals surface area (Å²) in [4.78, 5) is 13.0. The lowest BCUT2D eigenvalue weighted by molar-refractivity contribution is -0.123. The molecule has 0 radical (unpaired) electrons. The van der Waals surface area contributed by atoms with Gasteiger partial charge in [0.25, 0.3) is 0 Å². The lowest BCUT2D eigenvalue weighted by Crippen LogP contribution is -2.32. The van der Waals surface area contributed by atoms with Crippen molar-refractivity contribution in [3.63, 3.8) is 0 Å². The Morgan fingerprint density at radius 1 is 1.10 bits per heavy atom. The molecule has 4 rings (SSSR count). The molecule has 31 heavy (non-hydrogen) atoms. The van der Waals surface area contributed by atoms with Gasteiger partial charge in [0.05, 0.1) is 4.90 Å². The van der Waals surface area contributed by atoms with E-state index < -0.39 is 16.1 Å². The zero-order valence-electron chi connectivity index (χ0n) is 17.4. The summed E-state index contributed by atoms with van der Waals surface area (Å²) in [5.41, 5.74) is 1.94. The van der Waals surface area contributed by atoms with E-state index in [2.05, 4.69) is 5.32 Å². The Morgan fingerprint density at radius 3 is 2.52 bits per heavy atom. The Balaban J connectivity index is 1.44. The number of nitrogens with zero attached hydrogens (tertiary/aromatic N) is 2. The van der Waals surface area contributed by atoms with Crippen LogP contribution in [0.2, 0.25) is 5.02 Å². The van der Waals surface area contributed by atoms with Gasteiger partial charge in [0.15, 0.2) is 0 Å². The van der Waals surface area contributed by atoms with Crippen molar-refractivity contribution in [1.29, 1.82) is 0 Å². The van der Waals surface area contributed by atoms with E-state index in [1.54, 1.807) is 22.5 Å². The maximum atomic E-state index is 12.8. The zero-order valence-corrected chi connectivity index (χ0v) is 19.0. The number of amides is 1. The summed E-state index contributed by atoms with van der Waals surface area (Å²) in [6.07, 6.45) is 4.37. The molecular weight excluding hydrogens is 434 g/mol. The van der Waals surface area contributed by atoms with Crippen molar-refractivity contribution >= 4 is 38.4 Å². The number of hydrogen-bond acceptors (Lipinski definition) is 3. The smallest absolute Gasteiger partial charge is 0.243 e. The minimum atomic E-state index is -3.46. The lowest BCUT2D eigenvalue weighted by atomic mass is 10.1. The molecule has 1 aliphatic rings. The third kappa shape index (κ3) is 4.63. The van der Waals surface area contributed by atoms with Crippen LogP contribution in [-0.2, 0) is 21.2 Å². The highest BCUT2D eigenvalue weighted by Crippen LogP contribution is 2.27. The van der Waals surface area contributed by atoms with Gasteiger partial charge >= 0.3 is 0 Å². The molecule has 2 heterocycles. The van der Waals surface area contributed by atoms with Crippen LogP contribution in [0.5, 0.6) is 0 Å². The first kappa shape index (κ1) is 21.9. The molecule has 8 heteroatoms. The van der Waals surface area contributed by atoms with Gasteiger partial charge in [0, 0.05) is 41.8 Å². The molecule has 2 aromatic carbocycles. The summed E-state index contributed by atoms with van der Waals surface area (Å²) in [6, 6.07) is 14.1. The monoisotopic (exact) mass is 459 g/mol. The quantitative estimate of drug-likeness (QED) is 0.580. The molecule has 0 saturated carbocycles. The third-order valence-electron chi connectivity index (χ3n) is 5.82. The molecule has 1 amide bonds. The highest BCUT2D eigenvalue weighted by molar-refractivity contribution is 7.89. The van der Waals surface area contributed by atoms with Crippen LogP contribution in [0.4, 0.5) is 0 Å². The average Bonchev–Trinajstić information content (AvgIpc) is 3.44. The van der Waals surface area contributed by atoms with Crippen LogP contribution in [-0.4, -0.2) is 42.8 Å². The van der Waals surface area contributed by atoms with E-state index in [0.717, 1.165) is 35.7 Å². The maximum absolute atomic E-state index is 12.8. The van der Waals surface area contributed by atoms with E-state index >= 15 is 0 Å². The summed E-state index contributed by atoms with van der Waals surface area (Å²) < 4.78 is 29.1. The van der Waals surface area contributed by atoms with Crippen molar-refractivity contribution in [1.82, 2.24) is 14.2 Å². The fourth-order valence-electron chi connectivity index (χ4n) is 3.97. The molecular formula is C23H26ClN3O3S.